The van der Waals surface area contributed by atoms with Gasteiger partial charge in [0.05, 0.1) is 5.41 Å². The van der Waals surface area contributed by atoms with E-state index in [1.54, 1.807) is 12.2 Å². The average molecular weight is 300 g/mol. The van der Waals surface area contributed by atoms with E-state index in [9.17, 15) is 9.59 Å². The summed E-state index contributed by atoms with van der Waals surface area (Å²) in [7, 11) is 0. The average Bonchev–Trinajstić information content (AvgIpc) is 2.72. The molecule has 4 nitrogen and oxygen atoms in total. The van der Waals surface area contributed by atoms with E-state index in [4.69, 9.17) is 9.47 Å². The minimum absolute atomic E-state index is 0.0904. The van der Waals surface area contributed by atoms with Crippen molar-refractivity contribution in [1.29, 1.82) is 0 Å². The molecule has 0 aromatic heterocycles. The van der Waals surface area contributed by atoms with Gasteiger partial charge in [-0.15, -0.1) is 0 Å². The highest BCUT2D eigenvalue weighted by molar-refractivity contribution is 5.88. The van der Waals surface area contributed by atoms with Gasteiger partial charge in [0.25, 0.3) is 0 Å². The van der Waals surface area contributed by atoms with Crippen molar-refractivity contribution in [3.63, 3.8) is 0 Å². The van der Waals surface area contributed by atoms with E-state index >= 15 is 0 Å². The van der Waals surface area contributed by atoms with Crippen LogP contribution in [0.25, 0.3) is 0 Å². The van der Waals surface area contributed by atoms with Gasteiger partial charge in [-0.1, -0.05) is 19.9 Å². The molecular formula is C18H20O4. The Morgan fingerprint density at radius 2 is 1.95 bits per heavy atom. The van der Waals surface area contributed by atoms with Gasteiger partial charge in [0, 0.05) is 23.0 Å². The molecule has 0 bridgehead atoms. The van der Waals surface area contributed by atoms with Crippen LogP contribution in [0.1, 0.15) is 33.1 Å². The second kappa shape index (κ2) is 4.12. The fourth-order valence-corrected chi connectivity index (χ4v) is 5.16. The zero-order valence-electron chi connectivity index (χ0n) is 12.9. The SMILES string of the molecule is C=C[C@H]1OC(=O)C=C2C1=C[C@H]1OC(=O)[C@@]3(C)CCC[C@@]2(C)[C@@H]13. The lowest BCUT2D eigenvalue weighted by Crippen LogP contribution is -2.51. The van der Waals surface area contributed by atoms with E-state index in [0.717, 1.165) is 30.4 Å². The minimum atomic E-state index is -0.453. The second-order valence-corrected chi connectivity index (χ2v) is 7.31. The number of carbonyl (C=O) groups excluding carboxylic acids is 2. The maximum absolute atomic E-state index is 12.4. The van der Waals surface area contributed by atoms with Gasteiger partial charge in [0.1, 0.15) is 12.2 Å². The molecule has 4 aliphatic rings. The van der Waals surface area contributed by atoms with Crippen LogP contribution >= 0.6 is 0 Å². The van der Waals surface area contributed by atoms with Crippen LogP contribution in [0.2, 0.25) is 0 Å². The summed E-state index contributed by atoms with van der Waals surface area (Å²) in [5.41, 5.74) is 1.27. The molecular weight excluding hydrogens is 280 g/mol. The number of hydrogen-bond donors (Lipinski definition) is 0. The molecule has 2 fully saturated rings. The summed E-state index contributed by atoms with van der Waals surface area (Å²) in [6.45, 7) is 7.96. The number of carbonyl (C=O) groups is 2. The van der Waals surface area contributed by atoms with Gasteiger partial charge in [-0.2, -0.15) is 0 Å². The molecule has 0 unspecified atom stereocenters. The lowest BCUT2D eigenvalue weighted by molar-refractivity contribution is -0.148. The van der Waals surface area contributed by atoms with Crippen LogP contribution in [-0.2, 0) is 19.1 Å². The minimum Gasteiger partial charge on any atom is -0.457 e. The van der Waals surface area contributed by atoms with Gasteiger partial charge in [-0.25, -0.2) is 4.79 Å². The molecule has 0 amide bonds. The van der Waals surface area contributed by atoms with Crippen molar-refractivity contribution in [2.45, 2.75) is 45.3 Å². The van der Waals surface area contributed by atoms with Gasteiger partial charge in [0.15, 0.2) is 0 Å². The Labute approximate surface area is 129 Å². The maximum Gasteiger partial charge on any atom is 0.331 e. The van der Waals surface area contributed by atoms with Crippen molar-refractivity contribution >= 4 is 11.9 Å². The van der Waals surface area contributed by atoms with Gasteiger partial charge < -0.3 is 9.47 Å². The summed E-state index contributed by atoms with van der Waals surface area (Å²) in [4.78, 5) is 24.4. The smallest absolute Gasteiger partial charge is 0.331 e. The molecule has 4 rings (SSSR count). The summed E-state index contributed by atoms with van der Waals surface area (Å²) >= 11 is 0. The topological polar surface area (TPSA) is 52.6 Å². The Balaban J connectivity index is 1.94. The van der Waals surface area contributed by atoms with Crippen molar-refractivity contribution in [3.05, 3.63) is 36.0 Å². The molecule has 0 aromatic rings. The third kappa shape index (κ3) is 1.48. The molecule has 116 valence electrons. The van der Waals surface area contributed by atoms with Crippen LogP contribution in [-0.4, -0.2) is 24.1 Å². The van der Waals surface area contributed by atoms with Crippen LogP contribution in [0.3, 0.4) is 0 Å². The van der Waals surface area contributed by atoms with E-state index in [-0.39, 0.29) is 29.4 Å². The number of cyclic esters (lactones) is 1. The second-order valence-electron chi connectivity index (χ2n) is 7.31. The van der Waals surface area contributed by atoms with Gasteiger partial charge in [0.2, 0.25) is 0 Å². The summed E-state index contributed by atoms with van der Waals surface area (Å²) in [6, 6.07) is 0. The van der Waals surface area contributed by atoms with Crippen LogP contribution in [0, 0.1) is 16.7 Å². The Hall–Kier alpha value is -1.84. The van der Waals surface area contributed by atoms with Crippen LogP contribution in [0.15, 0.2) is 36.0 Å². The summed E-state index contributed by atoms with van der Waals surface area (Å²) in [6.07, 6.45) is 7.33. The first kappa shape index (κ1) is 13.8. The number of ether oxygens (including phenoxy) is 2. The highest BCUT2D eigenvalue weighted by Gasteiger charge is 2.65. The number of rotatable bonds is 1. The molecule has 0 aromatic carbocycles. The quantitative estimate of drug-likeness (QED) is 0.552. The Morgan fingerprint density at radius 3 is 2.68 bits per heavy atom. The molecule has 2 aliphatic carbocycles. The highest BCUT2D eigenvalue weighted by Crippen LogP contribution is 2.64. The molecule has 2 heterocycles. The summed E-state index contributed by atoms with van der Waals surface area (Å²) < 4.78 is 11.0. The third-order valence-corrected chi connectivity index (χ3v) is 6.10. The number of esters is 2. The Bertz CT molecular complexity index is 658. The van der Waals surface area contributed by atoms with Crippen molar-refractivity contribution in [3.8, 4) is 0 Å². The largest absolute Gasteiger partial charge is 0.457 e. The van der Waals surface area contributed by atoms with Gasteiger partial charge in [-0.05, 0) is 37.5 Å². The molecule has 4 heteroatoms. The lowest BCUT2D eigenvalue weighted by atomic mass is 9.49. The summed E-state index contributed by atoms with van der Waals surface area (Å²) in [5.74, 6) is -0.339. The van der Waals surface area contributed by atoms with E-state index in [0.29, 0.717) is 0 Å². The Kier molecular flexibility index (Phi) is 2.58. The fraction of sp³-hybridized carbons (Fsp3) is 0.556. The standard InChI is InChI=1S/C18H20O4/c1-4-12-10-8-13-15-17(2,11(10)9-14(19)21-12)6-5-7-18(15,3)16(20)22-13/h4,8-9,12-13,15H,1,5-7H2,2-3H3/t12-,13-,15-,17-,18+/m1/s1. The third-order valence-electron chi connectivity index (χ3n) is 6.10. The molecule has 1 saturated heterocycles. The Morgan fingerprint density at radius 1 is 1.23 bits per heavy atom. The zero-order chi connectivity index (χ0) is 15.7. The molecule has 1 saturated carbocycles. The van der Waals surface area contributed by atoms with E-state index in [1.807, 2.05) is 13.0 Å². The van der Waals surface area contributed by atoms with Crippen molar-refractivity contribution in [1.82, 2.24) is 0 Å². The van der Waals surface area contributed by atoms with E-state index in [1.165, 1.54) is 0 Å². The molecule has 0 radical (unpaired) electrons. The predicted octanol–water partition coefficient (Wildman–Crippen LogP) is 2.70. The predicted molar refractivity (Wildman–Crippen MR) is 79.7 cm³/mol. The van der Waals surface area contributed by atoms with E-state index in [2.05, 4.69) is 13.5 Å². The summed E-state index contributed by atoms with van der Waals surface area (Å²) in [5, 5.41) is 0. The lowest BCUT2D eigenvalue weighted by Gasteiger charge is -2.52. The monoisotopic (exact) mass is 300 g/mol. The van der Waals surface area contributed by atoms with E-state index < -0.39 is 11.5 Å². The molecule has 22 heavy (non-hydrogen) atoms. The number of hydrogen-bond acceptors (Lipinski definition) is 4. The van der Waals surface area contributed by atoms with Gasteiger partial charge in [-0.3, -0.25) is 4.79 Å². The van der Waals surface area contributed by atoms with Crippen LogP contribution in [0.5, 0.6) is 0 Å². The first-order valence-electron chi connectivity index (χ1n) is 7.89. The fourth-order valence-electron chi connectivity index (χ4n) is 5.16. The van der Waals surface area contributed by atoms with Crippen molar-refractivity contribution in [2.75, 3.05) is 0 Å². The molecule has 5 atom stereocenters. The van der Waals surface area contributed by atoms with Gasteiger partial charge >= 0.3 is 11.9 Å². The highest BCUT2D eigenvalue weighted by atomic mass is 16.6. The zero-order valence-corrected chi connectivity index (χ0v) is 12.9. The molecule has 0 spiro atoms. The first-order valence-corrected chi connectivity index (χ1v) is 7.89. The number of fused-ring (bicyclic) bond motifs is 2. The van der Waals surface area contributed by atoms with Crippen molar-refractivity contribution in [2.24, 2.45) is 16.7 Å². The van der Waals surface area contributed by atoms with Crippen molar-refractivity contribution < 1.29 is 19.1 Å². The maximum atomic E-state index is 12.4. The van der Waals surface area contributed by atoms with Crippen LogP contribution in [0.4, 0.5) is 0 Å². The van der Waals surface area contributed by atoms with Crippen LogP contribution < -0.4 is 0 Å². The first-order chi connectivity index (χ1) is 10.4. The molecule has 0 N–H and O–H groups in total. The normalized spacial score (nSPS) is 45.8. The molecule has 2 aliphatic heterocycles.